The van der Waals surface area contributed by atoms with Crippen molar-refractivity contribution in [2.24, 2.45) is 0 Å². The van der Waals surface area contributed by atoms with Crippen LogP contribution < -0.4 is 9.62 Å². The van der Waals surface area contributed by atoms with Crippen molar-refractivity contribution < 1.29 is 18.0 Å². The highest BCUT2D eigenvalue weighted by atomic mass is 35.5. The minimum Gasteiger partial charge on any atom is -0.352 e. The highest BCUT2D eigenvalue weighted by Crippen LogP contribution is 2.25. The summed E-state index contributed by atoms with van der Waals surface area (Å²) in [4.78, 5) is 28.8. The van der Waals surface area contributed by atoms with Crippen LogP contribution in [0.2, 0.25) is 5.02 Å². The van der Waals surface area contributed by atoms with Crippen LogP contribution in [0.25, 0.3) is 0 Å². The van der Waals surface area contributed by atoms with Crippen molar-refractivity contribution in [3.8, 4) is 0 Å². The third kappa shape index (κ3) is 7.64. The van der Waals surface area contributed by atoms with E-state index >= 15 is 0 Å². The Bertz CT molecular complexity index is 1360. The molecule has 1 N–H and O–H groups in total. The van der Waals surface area contributed by atoms with Crippen LogP contribution >= 0.6 is 11.6 Å². The Kier molecular flexibility index (Phi) is 10.2. The Morgan fingerprint density at radius 1 is 0.900 bits per heavy atom. The fraction of sp³-hybridized carbons (Fsp3) is 0.355. The zero-order chi connectivity index (χ0) is 28.5. The largest absolute Gasteiger partial charge is 0.352 e. The van der Waals surface area contributed by atoms with Crippen LogP contribution in [0.1, 0.15) is 44.6 Å². The SMILES string of the molecule is CC(C(=O)NC1CCCCC1)N(CCc1ccccc1)C(=O)CN(c1ccccc1)S(=O)(=O)c1ccc(Cl)cc1. The summed E-state index contributed by atoms with van der Waals surface area (Å²) < 4.78 is 28.7. The number of hydrogen-bond acceptors (Lipinski definition) is 4. The number of rotatable bonds is 11. The van der Waals surface area contributed by atoms with Gasteiger partial charge < -0.3 is 10.2 Å². The first kappa shape index (κ1) is 29.6. The van der Waals surface area contributed by atoms with E-state index in [0.29, 0.717) is 17.1 Å². The van der Waals surface area contributed by atoms with Crippen molar-refractivity contribution in [3.63, 3.8) is 0 Å². The summed E-state index contributed by atoms with van der Waals surface area (Å²) in [6.45, 7) is 1.53. The fourth-order valence-corrected chi connectivity index (χ4v) is 6.54. The van der Waals surface area contributed by atoms with Crippen molar-refractivity contribution >= 4 is 39.1 Å². The van der Waals surface area contributed by atoms with Gasteiger partial charge in [0, 0.05) is 17.6 Å². The molecule has 0 bridgehead atoms. The zero-order valence-corrected chi connectivity index (χ0v) is 24.3. The van der Waals surface area contributed by atoms with Gasteiger partial charge in [0.1, 0.15) is 12.6 Å². The standard InChI is InChI=1S/C31H36ClN3O4S/c1-24(31(37)33-27-13-7-3-8-14-27)34(22-21-25-11-5-2-6-12-25)30(36)23-35(28-15-9-4-10-16-28)40(38,39)29-19-17-26(32)18-20-29/h2,4-6,9-12,15-20,24,27H,3,7-8,13-14,21-23H2,1H3,(H,33,37). The third-order valence-electron chi connectivity index (χ3n) is 7.33. The topological polar surface area (TPSA) is 86.8 Å². The maximum absolute atomic E-state index is 13.9. The van der Waals surface area contributed by atoms with Crippen molar-refractivity contribution in [1.82, 2.24) is 10.2 Å². The summed E-state index contributed by atoms with van der Waals surface area (Å²) in [5.41, 5.74) is 1.38. The molecule has 0 radical (unpaired) electrons. The van der Waals surface area contributed by atoms with E-state index in [0.717, 1.165) is 35.6 Å². The Morgan fingerprint density at radius 3 is 2.12 bits per heavy atom. The van der Waals surface area contributed by atoms with Gasteiger partial charge in [-0.2, -0.15) is 0 Å². The number of hydrogen-bond donors (Lipinski definition) is 1. The molecule has 0 aromatic heterocycles. The highest BCUT2D eigenvalue weighted by Gasteiger charge is 2.33. The second-order valence-electron chi connectivity index (χ2n) is 10.1. The van der Waals surface area contributed by atoms with Crippen LogP contribution in [0.15, 0.2) is 89.8 Å². The molecule has 3 aromatic carbocycles. The summed E-state index contributed by atoms with van der Waals surface area (Å²) >= 11 is 6.00. The maximum atomic E-state index is 13.9. The summed E-state index contributed by atoms with van der Waals surface area (Å²) in [5.74, 6) is -0.677. The summed E-state index contributed by atoms with van der Waals surface area (Å²) in [6.07, 6.45) is 5.70. The van der Waals surface area contributed by atoms with Crippen LogP contribution in [0.4, 0.5) is 5.69 Å². The Hall–Kier alpha value is -3.36. The van der Waals surface area contributed by atoms with Crippen LogP contribution in [-0.4, -0.2) is 50.3 Å². The first-order valence-corrected chi connectivity index (χ1v) is 15.5. The zero-order valence-electron chi connectivity index (χ0n) is 22.7. The van der Waals surface area contributed by atoms with E-state index in [1.165, 1.54) is 35.6 Å². The van der Waals surface area contributed by atoms with E-state index in [9.17, 15) is 18.0 Å². The Morgan fingerprint density at radius 2 is 1.50 bits per heavy atom. The predicted octanol–water partition coefficient (Wildman–Crippen LogP) is 5.44. The molecule has 4 rings (SSSR count). The average Bonchev–Trinajstić information content (AvgIpc) is 2.97. The van der Waals surface area contributed by atoms with Crippen LogP contribution in [0.5, 0.6) is 0 Å². The first-order valence-electron chi connectivity index (χ1n) is 13.7. The molecule has 0 heterocycles. The lowest BCUT2D eigenvalue weighted by atomic mass is 9.95. The number of para-hydroxylation sites is 1. The number of sulfonamides is 1. The van der Waals surface area contributed by atoms with E-state index in [1.807, 2.05) is 30.3 Å². The lowest BCUT2D eigenvalue weighted by Crippen LogP contribution is -2.53. The molecule has 9 heteroatoms. The van der Waals surface area contributed by atoms with Crippen molar-refractivity contribution in [3.05, 3.63) is 95.5 Å². The molecule has 2 amide bonds. The van der Waals surface area contributed by atoms with Gasteiger partial charge in [-0.3, -0.25) is 13.9 Å². The normalized spacial score (nSPS) is 14.8. The third-order valence-corrected chi connectivity index (χ3v) is 9.37. The molecule has 1 saturated carbocycles. The second-order valence-corrected chi connectivity index (χ2v) is 12.4. The number of carbonyl (C=O) groups excluding carboxylic acids is 2. The maximum Gasteiger partial charge on any atom is 0.264 e. The molecular formula is C31H36ClN3O4S. The number of benzene rings is 3. The summed E-state index contributed by atoms with van der Waals surface area (Å²) in [5, 5.41) is 3.53. The number of halogens is 1. The smallest absolute Gasteiger partial charge is 0.264 e. The molecule has 0 saturated heterocycles. The van der Waals surface area contributed by atoms with E-state index in [4.69, 9.17) is 11.6 Å². The van der Waals surface area contributed by atoms with Crippen LogP contribution in [0.3, 0.4) is 0 Å². The molecule has 1 atom stereocenters. The molecule has 1 aliphatic rings. The molecule has 1 unspecified atom stereocenters. The molecule has 40 heavy (non-hydrogen) atoms. The van der Waals surface area contributed by atoms with Crippen molar-refractivity contribution in [1.29, 1.82) is 0 Å². The molecule has 212 valence electrons. The van der Waals surface area contributed by atoms with Gasteiger partial charge in [0.2, 0.25) is 11.8 Å². The molecule has 0 spiro atoms. The van der Waals surface area contributed by atoms with Gasteiger partial charge in [-0.1, -0.05) is 79.4 Å². The van der Waals surface area contributed by atoms with Gasteiger partial charge in [0.05, 0.1) is 10.6 Å². The molecule has 1 fully saturated rings. The minimum absolute atomic E-state index is 0.0208. The lowest BCUT2D eigenvalue weighted by Gasteiger charge is -2.33. The van der Waals surface area contributed by atoms with Crippen molar-refractivity contribution in [2.75, 3.05) is 17.4 Å². The number of carbonyl (C=O) groups is 2. The van der Waals surface area contributed by atoms with E-state index in [2.05, 4.69) is 5.32 Å². The quantitative estimate of drug-likeness (QED) is 0.326. The van der Waals surface area contributed by atoms with E-state index < -0.39 is 28.5 Å². The van der Waals surface area contributed by atoms with Gasteiger partial charge in [-0.05, 0) is 68.1 Å². The molecular weight excluding hydrogens is 546 g/mol. The van der Waals surface area contributed by atoms with Gasteiger partial charge >= 0.3 is 0 Å². The van der Waals surface area contributed by atoms with Gasteiger partial charge in [0.25, 0.3) is 10.0 Å². The molecule has 1 aliphatic carbocycles. The molecule has 0 aliphatic heterocycles. The van der Waals surface area contributed by atoms with E-state index in [1.54, 1.807) is 37.3 Å². The lowest BCUT2D eigenvalue weighted by molar-refractivity contribution is -0.139. The Balaban J connectivity index is 1.61. The first-order chi connectivity index (χ1) is 19.3. The van der Waals surface area contributed by atoms with Crippen LogP contribution in [-0.2, 0) is 26.0 Å². The Labute approximate surface area is 242 Å². The van der Waals surface area contributed by atoms with Gasteiger partial charge in [-0.25, -0.2) is 8.42 Å². The monoisotopic (exact) mass is 581 g/mol. The molecule has 7 nitrogen and oxygen atoms in total. The second kappa shape index (κ2) is 13.8. The highest BCUT2D eigenvalue weighted by molar-refractivity contribution is 7.92. The molecule has 3 aromatic rings. The van der Waals surface area contributed by atoms with E-state index in [-0.39, 0.29) is 23.4 Å². The van der Waals surface area contributed by atoms with Gasteiger partial charge in [0.15, 0.2) is 0 Å². The fourth-order valence-electron chi connectivity index (χ4n) is 5.00. The van der Waals surface area contributed by atoms with Crippen molar-refractivity contribution in [2.45, 2.75) is 62.4 Å². The minimum atomic E-state index is -4.11. The average molecular weight is 582 g/mol. The number of amides is 2. The predicted molar refractivity (Wildman–Crippen MR) is 159 cm³/mol. The number of nitrogens with one attached hydrogen (secondary N) is 1. The van der Waals surface area contributed by atoms with Crippen LogP contribution in [0, 0.1) is 0 Å². The number of nitrogens with zero attached hydrogens (tertiary/aromatic N) is 2. The summed E-state index contributed by atoms with van der Waals surface area (Å²) in [7, 11) is -4.11. The van der Waals surface area contributed by atoms with Gasteiger partial charge in [-0.15, -0.1) is 0 Å². The number of anilines is 1. The summed E-state index contributed by atoms with van der Waals surface area (Å²) in [6, 6.07) is 23.4.